The van der Waals surface area contributed by atoms with Gasteiger partial charge in [-0.25, -0.2) is 0 Å². The fraction of sp³-hybridized carbons (Fsp3) is 0.333. The molecule has 0 fully saturated rings. The van der Waals surface area contributed by atoms with Gasteiger partial charge in [-0.3, -0.25) is 0 Å². The van der Waals surface area contributed by atoms with Crippen LogP contribution in [-0.4, -0.2) is 16.6 Å². The lowest BCUT2D eigenvalue weighted by Gasteiger charge is -2.11. The van der Waals surface area contributed by atoms with Gasteiger partial charge in [0.25, 0.3) is 0 Å². The van der Waals surface area contributed by atoms with E-state index in [1.165, 1.54) is 0 Å². The topological polar surface area (TPSA) is 29.5 Å². The fourth-order valence-corrected chi connectivity index (χ4v) is 1.50. The predicted molar refractivity (Wildman–Crippen MR) is 56.8 cm³/mol. The second kappa shape index (κ2) is 4.67. The molecule has 0 heterocycles. The van der Waals surface area contributed by atoms with Gasteiger partial charge >= 0.3 is 0 Å². The number of halogens is 1. The Bertz CT molecular complexity index is 250. The SMILES string of the molecule is COc1ccccc1C(O)CI. The third-order valence-electron chi connectivity index (χ3n) is 1.64. The first-order valence-corrected chi connectivity index (χ1v) is 5.19. The van der Waals surface area contributed by atoms with Crippen LogP contribution in [0.2, 0.25) is 0 Å². The molecule has 1 atom stereocenters. The van der Waals surface area contributed by atoms with Crippen LogP contribution < -0.4 is 4.74 Å². The molecule has 0 saturated heterocycles. The van der Waals surface area contributed by atoms with Crippen LogP contribution in [0, 0.1) is 0 Å². The molecule has 3 heteroatoms. The van der Waals surface area contributed by atoms with Crippen LogP contribution in [-0.2, 0) is 0 Å². The summed E-state index contributed by atoms with van der Waals surface area (Å²) in [6.45, 7) is 0. The number of aliphatic hydroxyl groups is 1. The van der Waals surface area contributed by atoms with Crippen LogP contribution in [0.15, 0.2) is 24.3 Å². The lowest BCUT2D eigenvalue weighted by atomic mass is 10.1. The number of ether oxygens (including phenoxy) is 1. The summed E-state index contributed by atoms with van der Waals surface area (Å²) in [4.78, 5) is 0. The molecule has 66 valence electrons. The Morgan fingerprint density at radius 3 is 2.75 bits per heavy atom. The van der Waals surface area contributed by atoms with E-state index in [0.29, 0.717) is 4.43 Å². The molecule has 0 bridgehead atoms. The second-order valence-electron chi connectivity index (χ2n) is 2.41. The van der Waals surface area contributed by atoms with Gasteiger partial charge in [0, 0.05) is 9.99 Å². The van der Waals surface area contributed by atoms with E-state index in [0.717, 1.165) is 11.3 Å². The molecule has 0 spiro atoms. The predicted octanol–water partition coefficient (Wildman–Crippen LogP) is 2.16. The summed E-state index contributed by atoms with van der Waals surface area (Å²) in [5.41, 5.74) is 0.856. The van der Waals surface area contributed by atoms with E-state index in [9.17, 15) is 5.11 Å². The van der Waals surface area contributed by atoms with Crippen molar-refractivity contribution < 1.29 is 9.84 Å². The number of benzene rings is 1. The molecule has 2 nitrogen and oxygen atoms in total. The van der Waals surface area contributed by atoms with Crippen molar-refractivity contribution in [2.75, 3.05) is 11.5 Å². The molecule has 1 aromatic rings. The summed E-state index contributed by atoms with van der Waals surface area (Å²) in [5, 5.41) is 9.55. The van der Waals surface area contributed by atoms with E-state index in [1.54, 1.807) is 7.11 Å². The van der Waals surface area contributed by atoms with Gasteiger partial charge in [0.1, 0.15) is 5.75 Å². The Morgan fingerprint density at radius 1 is 1.50 bits per heavy atom. The molecule has 0 aliphatic carbocycles. The Kier molecular flexibility index (Phi) is 3.81. The highest BCUT2D eigenvalue weighted by molar-refractivity contribution is 14.1. The van der Waals surface area contributed by atoms with Gasteiger partial charge in [0.05, 0.1) is 13.2 Å². The van der Waals surface area contributed by atoms with Gasteiger partial charge in [-0.2, -0.15) is 0 Å². The van der Waals surface area contributed by atoms with Crippen LogP contribution >= 0.6 is 22.6 Å². The van der Waals surface area contributed by atoms with Crippen molar-refractivity contribution in [1.82, 2.24) is 0 Å². The van der Waals surface area contributed by atoms with Crippen LogP contribution in [0.5, 0.6) is 5.75 Å². The summed E-state index contributed by atoms with van der Waals surface area (Å²) in [5.74, 6) is 0.752. The van der Waals surface area contributed by atoms with Gasteiger partial charge < -0.3 is 9.84 Å². The minimum Gasteiger partial charge on any atom is -0.496 e. The third-order valence-corrected chi connectivity index (χ3v) is 2.48. The Balaban J connectivity index is 2.96. The molecule has 12 heavy (non-hydrogen) atoms. The Hall–Kier alpha value is -0.290. The normalized spacial score (nSPS) is 12.6. The molecule has 1 N–H and O–H groups in total. The standard InChI is InChI=1S/C9H11IO2/c1-12-9-5-3-2-4-7(9)8(11)6-10/h2-5,8,11H,6H2,1H3. The second-order valence-corrected chi connectivity index (χ2v) is 3.29. The molecule has 0 aliphatic rings. The summed E-state index contributed by atoms with van der Waals surface area (Å²) in [6, 6.07) is 7.52. The highest BCUT2D eigenvalue weighted by atomic mass is 127. The third kappa shape index (κ3) is 2.10. The quantitative estimate of drug-likeness (QED) is 0.678. The maximum absolute atomic E-state index is 9.55. The summed E-state index contributed by atoms with van der Waals surface area (Å²) < 4.78 is 5.78. The number of para-hydroxylation sites is 1. The fourth-order valence-electron chi connectivity index (χ4n) is 1.02. The first-order chi connectivity index (χ1) is 5.79. The summed E-state index contributed by atoms with van der Waals surface area (Å²) in [6.07, 6.45) is -0.429. The van der Waals surface area contributed by atoms with Gasteiger partial charge in [-0.05, 0) is 6.07 Å². The molecule has 1 unspecified atom stereocenters. The number of methoxy groups -OCH3 is 1. The van der Waals surface area contributed by atoms with Crippen molar-refractivity contribution in [2.45, 2.75) is 6.10 Å². The van der Waals surface area contributed by atoms with Crippen LogP contribution in [0.4, 0.5) is 0 Å². The number of rotatable bonds is 3. The van der Waals surface area contributed by atoms with Crippen molar-refractivity contribution in [3.05, 3.63) is 29.8 Å². The molecule has 0 amide bonds. The van der Waals surface area contributed by atoms with Crippen molar-refractivity contribution in [2.24, 2.45) is 0 Å². The lowest BCUT2D eigenvalue weighted by molar-refractivity contribution is 0.202. The molecule has 0 saturated carbocycles. The first kappa shape index (κ1) is 9.80. The number of hydrogen-bond acceptors (Lipinski definition) is 2. The minimum absolute atomic E-state index is 0.429. The zero-order valence-electron chi connectivity index (χ0n) is 6.83. The summed E-state index contributed by atoms with van der Waals surface area (Å²) in [7, 11) is 1.61. The number of aliphatic hydroxyl groups excluding tert-OH is 1. The maximum Gasteiger partial charge on any atom is 0.124 e. The van der Waals surface area contributed by atoms with E-state index in [-0.39, 0.29) is 0 Å². The van der Waals surface area contributed by atoms with E-state index in [1.807, 2.05) is 24.3 Å². The molecule has 0 aromatic heterocycles. The molecule has 1 aromatic carbocycles. The van der Waals surface area contributed by atoms with Crippen molar-refractivity contribution in [1.29, 1.82) is 0 Å². The van der Waals surface area contributed by atoms with E-state index in [2.05, 4.69) is 22.6 Å². The lowest BCUT2D eigenvalue weighted by Crippen LogP contribution is -2.00. The highest BCUT2D eigenvalue weighted by Gasteiger charge is 2.09. The van der Waals surface area contributed by atoms with Crippen molar-refractivity contribution in [3.63, 3.8) is 0 Å². The van der Waals surface area contributed by atoms with Crippen molar-refractivity contribution >= 4 is 22.6 Å². The zero-order valence-corrected chi connectivity index (χ0v) is 8.98. The number of alkyl halides is 1. The van der Waals surface area contributed by atoms with E-state index < -0.39 is 6.10 Å². The Morgan fingerprint density at radius 2 is 2.17 bits per heavy atom. The van der Waals surface area contributed by atoms with E-state index in [4.69, 9.17) is 4.74 Å². The van der Waals surface area contributed by atoms with Gasteiger partial charge in [-0.15, -0.1) is 0 Å². The first-order valence-electron chi connectivity index (χ1n) is 3.66. The molecule has 0 radical (unpaired) electrons. The largest absolute Gasteiger partial charge is 0.496 e. The van der Waals surface area contributed by atoms with Crippen LogP contribution in [0.3, 0.4) is 0 Å². The Labute approximate surface area is 85.7 Å². The summed E-state index contributed by atoms with van der Waals surface area (Å²) >= 11 is 2.14. The average molecular weight is 278 g/mol. The molecule has 1 rings (SSSR count). The van der Waals surface area contributed by atoms with E-state index >= 15 is 0 Å². The van der Waals surface area contributed by atoms with Crippen molar-refractivity contribution in [3.8, 4) is 5.75 Å². The molecule has 0 aliphatic heterocycles. The minimum atomic E-state index is -0.429. The van der Waals surface area contributed by atoms with Gasteiger partial charge in [-0.1, -0.05) is 40.8 Å². The maximum atomic E-state index is 9.55. The van der Waals surface area contributed by atoms with Crippen LogP contribution in [0.1, 0.15) is 11.7 Å². The van der Waals surface area contributed by atoms with Gasteiger partial charge in [0.15, 0.2) is 0 Å². The average Bonchev–Trinajstić information content (AvgIpc) is 2.16. The monoisotopic (exact) mass is 278 g/mol. The zero-order chi connectivity index (χ0) is 8.97. The highest BCUT2D eigenvalue weighted by Crippen LogP contribution is 2.25. The van der Waals surface area contributed by atoms with Crippen LogP contribution in [0.25, 0.3) is 0 Å². The molecular weight excluding hydrogens is 267 g/mol. The smallest absolute Gasteiger partial charge is 0.124 e. The number of hydrogen-bond donors (Lipinski definition) is 1. The van der Waals surface area contributed by atoms with Gasteiger partial charge in [0.2, 0.25) is 0 Å². The molecular formula is C9H11IO2.